The minimum atomic E-state index is -0.0932. The first-order chi connectivity index (χ1) is 8.82. The van der Waals surface area contributed by atoms with Crippen molar-refractivity contribution in [3.63, 3.8) is 0 Å². The van der Waals surface area contributed by atoms with Crippen molar-refractivity contribution in [2.45, 2.75) is 52.4 Å². The van der Waals surface area contributed by atoms with E-state index in [-0.39, 0.29) is 11.7 Å². The first kappa shape index (κ1) is 15.0. The van der Waals surface area contributed by atoms with Crippen LogP contribution in [0.15, 0.2) is 6.07 Å². The lowest BCUT2D eigenvalue weighted by Crippen LogP contribution is -2.53. The van der Waals surface area contributed by atoms with Crippen molar-refractivity contribution in [1.29, 1.82) is 0 Å². The van der Waals surface area contributed by atoms with Gasteiger partial charge in [-0.25, -0.2) is 0 Å². The fourth-order valence-corrected chi connectivity index (χ4v) is 4.18. The van der Waals surface area contributed by atoms with Crippen LogP contribution in [0.25, 0.3) is 0 Å². The van der Waals surface area contributed by atoms with Gasteiger partial charge in [-0.15, -0.1) is 11.3 Å². The van der Waals surface area contributed by atoms with E-state index in [1.165, 1.54) is 15.3 Å². The van der Waals surface area contributed by atoms with Crippen LogP contribution >= 0.6 is 11.3 Å². The second-order valence-electron chi connectivity index (χ2n) is 6.24. The zero-order valence-electron chi connectivity index (χ0n) is 12.7. The molecule has 0 radical (unpaired) electrons. The molecule has 0 amide bonds. The first-order valence-electron chi connectivity index (χ1n) is 7.01. The molecule has 1 aromatic heterocycles. The molecule has 1 aliphatic heterocycles. The number of ether oxygens (including phenoxy) is 1. The van der Waals surface area contributed by atoms with Gasteiger partial charge in [-0.1, -0.05) is 0 Å². The average molecular weight is 282 g/mol. The second kappa shape index (κ2) is 5.52. The van der Waals surface area contributed by atoms with Crippen molar-refractivity contribution < 1.29 is 4.74 Å². The van der Waals surface area contributed by atoms with E-state index in [1.807, 2.05) is 11.3 Å². The molecule has 0 spiro atoms. The summed E-state index contributed by atoms with van der Waals surface area (Å²) in [5, 5.41) is 0. The largest absolute Gasteiger partial charge is 0.370 e. The van der Waals surface area contributed by atoms with Crippen LogP contribution in [-0.4, -0.2) is 36.2 Å². The third kappa shape index (κ3) is 3.37. The lowest BCUT2D eigenvalue weighted by atomic mass is 9.99. The molecule has 0 bridgehead atoms. The standard InChI is InChI=1S/C15H26N2OS/c1-10-8-17(9-15(4,5)18-10)14(7-16)13-6-11(2)19-12(13)3/h6,10,14H,7-9,16H2,1-5H3. The minimum absolute atomic E-state index is 0.0932. The number of aryl methyl sites for hydroxylation is 2. The molecule has 3 nitrogen and oxygen atoms in total. The van der Waals surface area contributed by atoms with Crippen molar-refractivity contribution in [1.82, 2.24) is 4.90 Å². The third-order valence-electron chi connectivity index (χ3n) is 3.70. The molecule has 1 fully saturated rings. The molecule has 2 rings (SSSR count). The summed E-state index contributed by atoms with van der Waals surface area (Å²) in [7, 11) is 0. The average Bonchev–Trinajstić information content (AvgIpc) is 2.56. The van der Waals surface area contributed by atoms with Gasteiger partial charge in [-0.3, -0.25) is 4.90 Å². The maximum Gasteiger partial charge on any atom is 0.0757 e. The van der Waals surface area contributed by atoms with Crippen LogP contribution in [0.4, 0.5) is 0 Å². The van der Waals surface area contributed by atoms with Crippen LogP contribution in [-0.2, 0) is 4.74 Å². The van der Waals surface area contributed by atoms with Gasteiger partial charge >= 0.3 is 0 Å². The number of morpholine rings is 1. The Kier molecular flexibility index (Phi) is 4.35. The summed E-state index contributed by atoms with van der Waals surface area (Å²) in [6.45, 7) is 13.4. The summed E-state index contributed by atoms with van der Waals surface area (Å²) in [6.07, 6.45) is 0.262. The van der Waals surface area contributed by atoms with E-state index in [4.69, 9.17) is 10.5 Å². The summed E-state index contributed by atoms with van der Waals surface area (Å²) in [4.78, 5) is 5.25. The maximum atomic E-state index is 6.07. The van der Waals surface area contributed by atoms with Gasteiger partial charge in [0, 0.05) is 35.4 Å². The Hall–Kier alpha value is -0.420. The van der Waals surface area contributed by atoms with E-state index in [9.17, 15) is 0 Å². The molecular formula is C15H26N2OS. The molecule has 0 aliphatic carbocycles. The second-order valence-corrected chi connectivity index (χ2v) is 7.70. The highest BCUT2D eigenvalue weighted by Gasteiger charge is 2.35. The van der Waals surface area contributed by atoms with Gasteiger partial charge in [-0.2, -0.15) is 0 Å². The van der Waals surface area contributed by atoms with Crippen LogP contribution in [0.2, 0.25) is 0 Å². The van der Waals surface area contributed by atoms with Gasteiger partial charge in [0.05, 0.1) is 11.7 Å². The molecule has 1 aromatic rings. The summed E-state index contributed by atoms with van der Waals surface area (Å²) in [5.41, 5.74) is 7.37. The van der Waals surface area contributed by atoms with E-state index < -0.39 is 0 Å². The predicted octanol–water partition coefficient (Wildman–Crippen LogP) is 2.86. The highest BCUT2D eigenvalue weighted by Crippen LogP contribution is 2.33. The summed E-state index contributed by atoms with van der Waals surface area (Å²) < 4.78 is 5.99. The van der Waals surface area contributed by atoms with Crippen LogP contribution in [0.1, 0.15) is 42.1 Å². The monoisotopic (exact) mass is 282 g/mol. The lowest BCUT2D eigenvalue weighted by Gasteiger charge is -2.45. The Bertz CT molecular complexity index is 441. The highest BCUT2D eigenvalue weighted by atomic mass is 32.1. The Morgan fingerprint density at radius 2 is 2.21 bits per heavy atom. The number of hydrogen-bond donors (Lipinski definition) is 1. The van der Waals surface area contributed by atoms with E-state index in [0.717, 1.165) is 13.1 Å². The van der Waals surface area contributed by atoms with Gasteiger partial charge in [0.2, 0.25) is 0 Å². The van der Waals surface area contributed by atoms with Gasteiger partial charge in [-0.05, 0) is 46.2 Å². The van der Waals surface area contributed by atoms with Crippen LogP contribution in [0, 0.1) is 13.8 Å². The molecule has 2 heterocycles. The molecule has 0 saturated carbocycles. The Balaban J connectivity index is 2.24. The molecule has 19 heavy (non-hydrogen) atoms. The van der Waals surface area contributed by atoms with Gasteiger partial charge in [0.1, 0.15) is 0 Å². The molecule has 2 atom stereocenters. The number of nitrogens with zero attached hydrogens (tertiary/aromatic N) is 1. The highest BCUT2D eigenvalue weighted by molar-refractivity contribution is 7.12. The van der Waals surface area contributed by atoms with Gasteiger partial charge in [0.25, 0.3) is 0 Å². The zero-order valence-corrected chi connectivity index (χ0v) is 13.5. The van der Waals surface area contributed by atoms with E-state index in [0.29, 0.717) is 12.6 Å². The summed E-state index contributed by atoms with van der Waals surface area (Å²) >= 11 is 1.86. The minimum Gasteiger partial charge on any atom is -0.370 e. The maximum absolute atomic E-state index is 6.07. The predicted molar refractivity (Wildman–Crippen MR) is 81.8 cm³/mol. The van der Waals surface area contributed by atoms with Crippen molar-refractivity contribution in [3.05, 3.63) is 21.4 Å². The fourth-order valence-electron chi connectivity index (χ4n) is 3.19. The molecule has 0 aromatic carbocycles. The van der Waals surface area contributed by atoms with Gasteiger partial charge < -0.3 is 10.5 Å². The van der Waals surface area contributed by atoms with Crippen LogP contribution in [0.3, 0.4) is 0 Å². The van der Waals surface area contributed by atoms with Crippen molar-refractivity contribution >= 4 is 11.3 Å². The number of rotatable bonds is 3. The smallest absolute Gasteiger partial charge is 0.0757 e. The Labute approximate surface area is 120 Å². The molecule has 1 aliphatic rings. The van der Waals surface area contributed by atoms with Crippen LogP contribution in [0.5, 0.6) is 0 Å². The number of nitrogens with two attached hydrogens (primary N) is 1. The molecule has 1 saturated heterocycles. The molecule has 108 valence electrons. The molecular weight excluding hydrogens is 256 g/mol. The van der Waals surface area contributed by atoms with Gasteiger partial charge in [0.15, 0.2) is 0 Å². The van der Waals surface area contributed by atoms with Crippen LogP contribution < -0.4 is 5.73 Å². The number of hydrogen-bond acceptors (Lipinski definition) is 4. The van der Waals surface area contributed by atoms with Crippen molar-refractivity contribution in [3.8, 4) is 0 Å². The molecule has 2 N–H and O–H groups in total. The lowest BCUT2D eigenvalue weighted by molar-refractivity contribution is -0.137. The van der Waals surface area contributed by atoms with Crippen molar-refractivity contribution in [2.24, 2.45) is 5.73 Å². The zero-order chi connectivity index (χ0) is 14.2. The Morgan fingerprint density at radius 3 is 2.68 bits per heavy atom. The number of thiophene rings is 1. The molecule has 4 heteroatoms. The van der Waals surface area contributed by atoms with Crippen molar-refractivity contribution in [2.75, 3.05) is 19.6 Å². The first-order valence-corrected chi connectivity index (χ1v) is 7.83. The normalized spacial score (nSPS) is 25.5. The summed E-state index contributed by atoms with van der Waals surface area (Å²) in [6, 6.07) is 2.61. The van der Waals surface area contributed by atoms with E-state index in [2.05, 4.69) is 45.6 Å². The molecule has 2 unspecified atom stereocenters. The van der Waals surface area contributed by atoms with E-state index >= 15 is 0 Å². The third-order valence-corrected chi connectivity index (χ3v) is 4.68. The quantitative estimate of drug-likeness (QED) is 0.926. The van der Waals surface area contributed by atoms with E-state index in [1.54, 1.807) is 0 Å². The fraction of sp³-hybridized carbons (Fsp3) is 0.733. The topological polar surface area (TPSA) is 38.5 Å². The SMILES string of the molecule is Cc1cc(C(CN)N2CC(C)OC(C)(C)C2)c(C)s1. The Morgan fingerprint density at radius 1 is 1.53 bits per heavy atom. The summed E-state index contributed by atoms with van der Waals surface area (Å²) in [5.74, 6) is 0.